The fourth-order valence-corrected chi connectivity index (χ4v) is 2.53. The Morgan fingerprint density at radius 3 is 2.45 bits per heavy atom. The Labute approximate surface area is 133 Å². The maximum absolute atomic E-state index is 5.17. The number of methoxy groups -OCH3 is 1. The second-order valence-electron chi connectivity index (χ2n) is 4.77. The number of fused-ring (bicyclic) bond motifs is 1. The van der Waals surface area contributed by atoms with Gasteiger partial charge >= 0.3 is 0 Å². The standard InChI is InChI=1S/C17H17NO.Ir/c1-19-15-11-9-14(10-12-15)18-17-8-4-6-13-5-2-3-7-16(13)17;/h2-3,5,7,9-12H,4,6,8H2,1H3;/b18-17+;. The Kier molecular flexibility index (Phi) is 5.11. The number of hydrogen-bond donors (Lipinski definition) is 0. The van der Waals surface area contributed by atoms with Crippen LogP contribution in [0.4, 0.5) is 5.69 Å². The molecule has 0 heterocycles. The molecule has 0 saturated heterocycles. The van der Waals surface area contributed by atoms with Gasteiger partial charge < -0.3 is 4.74 Å². The van der Waals surface area contributed by atoms with Gasteiger partial charge in [0.15, 0.2) is 0 Å². The van der Waals surface area contributed by atoms with Crippen LogP contribution in [0.2, 0.25) is 0 Å². The molecule has 2 aromatic carbocycles. The van der Waals surface area contributed by atoms with Crippen LogP contribution in [0.3, 0.4) is 0 Å². The van der Waals surface area contributed by atoms with Crippen molar-refractivity contribution in [2.45, 2.75) is 19.3 Å². The topological polar surface area (TPSA) is 21.6 Å². The van der Waals surface area contributed by atoms with E-state index in [-0.39, 0.29) is 20.1 Å². The predicted molar refractivity (Wildman–Crippen MR) is 78.6 cm³/mol. The minimum absolute atomic E-state index is 0. The number of benzene rings is 2. The third kappa shape index (κ3) is 3.17. The summed E-state index contributed by atoms with van der Waals surface area (Å²) in [6, 6.07) is 16.5. The van der Waals surface area contributed by atoms with E-state index in [9.17, 15) is 0 Å². The molecule has 2 nitrogen and oxygen atoms in total. The molecule has 1 radical (unpaired) electrons. The van der Waals surface area contributed by atoms with Gasteiger partial charge in [-0.1, -0.05) is 24.3 Å². The molecule has 0 saturated carbocycles. The summed E-state index contributed by atoms with van der Waals surface area (Å²) in [4.78, 5) is 4.80. The van der Waals surface area contributed by atoms with Gasteiger partial charge in [-0.3, -0.25) is 4.99 Å². The monoisotopic (exact) mass is 444 g/mol. The molecule has 0 spiro atoms. The first-order valence-electron chi connectivity index (χ1n) is 6.67. The van der Waals surface area contributed by atoms with Crippen molar-refractivity contribution in [3.05, 3.63) is 59.7 Å². The van der Waals surface area contributed by atoms with Gasteiger partial charge in [-0.15, -0.1) is 0 Å². The number of aryl methyl sites for hydroxylation is 1. The summed E-state index contributed by atoms with van der Waals surface area (Å²) < 4.78 is 5.17. The number of hydrogen-bond acceptors (Lipinski definition) is 2. The Hall–Kier alpha value is -1.44. The van der Waals surface area contributed by atoms with E-state index >= 15 is 0 Å². The molecule has 0 aliphatic heterocycles. The second kappa shape index (κ2) is 6.83. The SMILES string of the molecule is COc1ccc(/N=C2\CCCc3ccccc32)cc1.[Ir]. The van der Waals surface area contributed by atoms with Gasteiger partial charge in [0.05, 0.1) is 12.8 Å². The molecule has 105 valence electrons. The molecular weight excluding hydrogens is 426 g/mol. The first-order chi connectivity index (χ1) is 9.36. The number of ether oxygens (including phenoxy) is 1. The average molecular weight is 444 g/mol. The molecule has 1 aliphatic carbocycles. The summed E-state index contributed by atoms with van der Waals surface area (Å²) in [5, 5.41) is 0. The molecule has 20 heavy (non-hydrogen) atoms. The minimum Gasteiger partial charge on any atom is -0.497 e. The number of nitrogens with zero attached hydrogens (tertiary/aromatic N) is 1. The van der Waals surface area contributed by atoms with Crippen LogP contribution in [0.25, 0.3) is 0 Å². The van der Waals surface area contributed by atoms with Crippen LogP contribution in [0.15, 0.2) is 53.5 Å². The molecule has 1 aliphatic rings. The summed E-state index contributed by atoms with van der Waals surface area (Å²) in [7, 11) is 1.68. The van der Waals surface area contributed by atoms with E-state index in [4.69, 9.17) is 9.73 Å². The second-order valence-corrected chi connectivity index (χ2v) is 4.77. The molecule has 2 aromatic rings. The van der Waals surface area contributed by atoms with Gasteiger partial charge in [0, 0.05) is 25.8 Å². The van der Waals surface area contributed by atoms with Crippen LogP contribution in [-0.2, 0) is 26.5 Å². The Morgan fingerprint density at radius 1 is 0.950 bits per heavy atom. The Balaban J connectivity index is 0.00000147. The van der Waals surface area contributed by atoms with Crippen molar-refractivity contribution in [3.63, 3.8) is 0 Å². The molecular formula is C17H17IrNO. The Bertz CT molecular complexity index is 605. The van der Waals surface area contributed by atoms with Crippen LogP contribution in [0, 0.1) is 0 Å². The van der Waals surface area contributed by atoms with E-state index in [1.165, 1.54) is 23.3 Å². The quantitative estimate of drug-likeness (QED) is 0.684. The van der Waals surface area contributed by atoms with Crippen LogP contribution in [-0.4, -0.2) is 12.8 Å². The van der Waals surface area contributed by atoms with Gasteiger partial charge in [-0.05, 0) is 54.7 Å². The summed E-state index contributed by atoms with van der Waals surface area (Å²) in [6.07, 6.45) is 3.41. The third-order valence-corrected chi connectivity index (χ3v) is 3.52. The summed E-state index contributed by atoms with van der Waals surface area (Å²) in [6.45, 7) is 0. The van der Waals surface area contributed by atoms with E-state index in [0.29, 0.717) is 0 Å². The first-order valence-corrected chi connectivity index (χ1v) is 6.67. The molecule has 0 aromatic heterocycles. The summed E-state index contributed by atoms with van der Waals surface area (Å²) >= 11 is 0. The maximum Gasteiger partial charge on any atom is 0.119 e. The number of rotatable bonds is 2. The van der Waals surface area contributed by atoms with Gasteiger partial charge in [-0.25, -0.2) is 0 Å². The van der Waals surface area contributed by atoms with Crippen LogP contribution >= 0.6 is 0 Å². The van der Waals surface area contributed by atoms with Gasteiger partial charge in [0.25, 0.3) is 0 Å². The third-order valence-electron chi connectivity index (χ3n) is 3.52. The van der Waals surface area contributed by atoms with Gasteiger partial charge in [-0.2, -0.15) is 0 Å². The van der Waals surface area contributed by atoms with Crippen LogP contribution < -0.4 is 4.74 Å². The summed E-state index contributed by atoms with van der Waals surface area (Å²) in [5.74, 6) is 0.869. The maximum atomic E-state index is 5.17. The normalized spacial score (nSPS) is 15.3. The molecule has 0 fully saturated rings. The molecule has 3 rings (SSSR count). The fourth-order valence-electron chi connectivity index (χ4n) is 2.53. The smallest absolute Gasteiger partial charge is 0.119 e. The Morgan fingerprint density at radius 2 is 1.70 bits per heavy atom. The van der Waals surface area contributed by atoms with Gasteiger partial charge in [0.1, 0.15) is 5.75 Å². The van der Waals surface area contributed by atoms with E-state index in [0.717, 1.165) is 24.3 Å². The van der Waals surface area contributed by atoms with Crippen molar-refractivity contribution in [1.29, 1.82) is 0 Å². The van der Waals surface area contributed by atoms with Gasteiger partial charge in [0.2, 0.25) is 0 Å². The molecule has 3 heteroatoms. The van der Waals surface area contributed by atoms with Crippen molar-refractivity contribution in [2.75, 3.05) is 7.11 Å². The van der Waals surface area contributed by atoms with Crippen molar-refractivity contribution in [3.8, 4) is 5.75 Å². The zero-order valence-corrected chi connectivity index (χ0v) is 13.8. The molecule has 0 amide bonds. The summed E-state index contributed by atoms with van der Waals surface area (Å²) in [5.41, 5.74) is 4.92. The van der Waals surface area contributed by atoms with E-state index < -0.39 is 0 Å². The largest absolute Gasteiger partial charge is 0.497 e. The van der Waals surface area contributed by atoms with Crippen molar-refractivity contribution in [1.82, 2.24) is 0 Å². The van der Waals surface area contributed by atoms with Crippen LogP contribution in [0.5, 0.6) is 5.75 Å². The molecule has 0 unspecified atom stereocenters. The molecule has 0 bridgehead atoms. The van der Waals surface area contributed by atoms with Crippen molar-refractivity contribution < 1.29 is 24.8 Å². The van der Waals surface area contributed by atoms with E-state index in [2.05, 4.69) is 24.3 Å². The van der Waals surface area contributed by atoms with E-state index in [1.54, 1.807) is 7.11 Å². The van der Waals surface area contributed by atoms with Crippen molar-refractivity contribution in [2.24, 2.45) is 4.99 Å². The van der Waals surface area contributed by atoms with Crippen molar-refractivity contribution >= 4 is 11.4 Å². The number of aliphatic imine (C=N–C) groups is 1. The average Bonchev–Trinajstić information content (AvgIpc) is 2.48. The predicted octanol–water partition coefficient (Wildman–Crippen LogP) is 4.15. The zero-order valence-electron chi connectivity index (χ0n) is 11.4. The zero-order chi connectivity index (χ0) is 13.1. The fraction of sp³-hybridized carbons (Fsp3) is 0.235. The van der Waals surface area contributed by atoms with E-state index in [1.807, 2.05) is 24.3 Å². The molecule has 0 N–H and O–H groups in total. The van der Waals surface area contributed by atoms with Crippen LogP contribution in [0.1, 0.15) is 24.0 Å². The molecule has 0 atom stereocenters. The first kappa shape index (κ1) is 15.0. The minimum atomic E-state index is 0.